The quantitative estimate of drug-likeness (QED) is 0.817. The summed E-state index contributed by atoms with van der Waals surface area (Å²) in [6, 6.07) is 8.93. The average molecular weight is 242 g/mol. The van der Waals surface area contributed by atoms with Crippen LogP contribution in [0.1, 0.15) is 30.4 Å². The minimum Gasteiger partial charge on any atom is -0.495 e. The summed E-state index contributed by atoms with van der Waals surface area (Å²) in [5, 5.41) is 9.10. The van der Waals surface area contributed by atoms with Crippen molar-refractivity contribution in [2.75, 3.05) is 13.7 Å². The molecule has 1 aliphatic carbocycles. The standard InChI is InChI=1S/C15H18N2O/c1-18-15-5-3-11(6-13(15)8-16)9-17-10-12-2-4-14(17)7-12/h3,5-6,12,14H,2,4,7,9-10H2,1H3. The Morgan fingerprint density at radius 1 is 1.44 bits per heavy atom. The second-order valence-corrected chi connectivity index (χ2v) is 5.41. The number of likely N-dealkylation sites (tertiary alicyclic amines) is 1. The molecule has 0 spiro atoms. The summed E-state index contributed by atoms with van der Waals surface area (Å²) in [5.41, 5.74) is 1.86. The molecule has 2 bridgehead atoms. The molecule has 0 amide bonds. The van der Waals surface area contributed by atoms with Crippen LogP contribution in [0.3, 0.4) is 0 Å². The van der Waals surface area contributed by atoms with Crippen LogP contribution in [-0.4, -0.2) is 24.6 Å². The first-order chi connectivity index (χ1) is 8.80. The maximum Gasteiger partial charge on any atom is 0.136 e. The number of ether oxygens (including phenoxy) is 1. The predicted molar refractivity (Wildman–Crippen MR) is 69.2 cm³/mol. The zero-order valence-electron chi connectivity index (χ0n) is 10.7. The summed E-state index contributed by atoms with van der Waals surface area (Å²) >= 11 is 0. The Balaban J connectivity index is 1.75. The molecule has 3 heteroatoms. The second kappa shape index (κ2) is 4.62. The highest BCUT2D eigenvalue weighted by molar-refractivity contribution is 5.45. The highest BCUT2D eigenvalue weighted by Crippen LogP contribution is 2.38. The van der Waals surface area contributed by atoms with Gasteiger partial charge in [-0.2, -0.15) is 5.26 Å². The van der Waals surface area contributed by atoms with Gasteiger partial charge in [0.25, 0.3) is 0 Å². The Morgan fingerprint density at radius 2 is 2.33 bits per heavy atom. The van der Waals surface area contributed by atoms with Gasteiger partial charge >= 0.3 is 0 Å². The van der Waals surface area contributed by atoms with Crippen LogP contribution in [-0.2, 0) is 6.54 Å². The zero-order valence-corrected chi connectivity index (χ0v) is 10.7. The first-order valence-electron chi connectivity index (χ1n) is 6.61. The molecule has 2 fully saturated rings. The first kappa shape index (κ1) is 11.6. The molecule has 2 unspecified atom stereocenters. The van der Waals surface area contributed by atoms with Crippen molar-refractivity contribution >= 4 is 0 Å². The van der Waals surface area contributed by atoms with Crippen LogP contribution in [0.5, 0.6) is 5.75 Å². The molecule has 0 aromatic heterocycles. The van der Waals surface area contributed by atoms with Gasteiger partial charge in [0.2, 0.25) is 0 Å². The second-order valence-electron chi connectivity index (χ2n) is 5.41. The summed E-state index contributed by atoms with van der Waals surface area (Å²) in [6.45, 7) is 2.21. The van der Waals surface area contributed by atoms with Gasteiger partial charge in [0, 0.05) is 19.1 Å². The Labute approximate surface area is 108 Å². The Morgan fingerprint density at radius 3 is 2.94 bits per heavy atom. The van der Waals surface area contributed by atoms with Crippen molar-refractivity contribution in [3.63, 3.8) is 0 Å². The molecule has 3 nitrogen and oxygen atoms in total. The molecule has 0 radical (unpaired) electrons. The van der Waals surface area contributed by atoms with Gasteiger partial charge in [0.05, 0.1) is 12.7 Å². The molecule has 1 heterocycles. The van der Waals surface area contributed by atoms with E-state index in [1.807, 2.05) is 12.1 Å². The lowest BCUT2D eigenvalue weighted by molar-refractivity contribution is 0.205. The van der Waals surface area contributed by atoms with Crippen molar-refractivity contribution in [2.24, 2.45) is 5.92 Å². The van der Waals surface area contributed by atoms with Crippen molar-refractivity contribution in [3.05, 3.63) is 29.3 Å². The fourth-order valence-electron chi connectivity index (χ4n) is 3.40. The van der Waals surface area contributed by atoms with Crippen LogP contribution in [0, 0.1) is 17.2 Å². The molecular formula is C15H18N2O. The van der Waals surface area contributed by atoms with E-state index in [2.05, 4.69) is 17.0 Å². The van der Waals surface area contributed by atoms with Gasteiger partial charge in [0.15, 0.2) is 0 Å². The minimum absolute atomic E-state index is 0.638. The normalized spacial score (nSPS) is 26.2. The maximum atomic E-state index is 9.10. The Bertz CT molecular complexity index is 492. The zero-order chi connectivity index (χ0) is 12.5. The molecule has 3 rings (SSSR count). The van der Waals surface area contributed by atoms with E-state index in [1.165, 1.54) is 31.4 Å². The summed E-state index contributed by atoms with van der Waals surface area (Å²) in [5.74, 6) is 1.59. The van der Waals surface area contributed by atoms with E-state index < -0.39 is 0 Å². The molecule has 94 valence electrons. The number of methoxy groups -OCH3 is 1. The number of rotatable bonds is 3. The highest BCUT2D eigenvalue weighted by Gasteiger charge is 2.37. The lowest BCUT2D eigenvalue weighted by atomic mass is 10.1. The molecule has 0 N–H and O–H groups in total. The first-order valence-corrected chi connectivity index (χ1v) is 6.61. The maximum absolute atomic E-state index is 9.10. The van der Waals surface area contributed by atoms with Crippen LogP contribution in [0.25, 0.3) is 0 Å². The number of hydrogen-bond acceptors (Lipinski definition) is 3. The molecule has 2 atom stereocenters. The SMILES string of the molecule is COc1ccc(CN2CC3CCC2C3)cc1C#N. The van der Waals surface area contributed by atoms with Gasteiger partial charge in [-0.25, -0.2) is 0 Å². The fourth-order valence-corrected chi connectivity index (χ4v) is 3.40. The van der Waals surface area contributed by atoms with E-state index in [4.69, 9.17) is 10.00 Å². The van der Waals surface area contributed by atoms with E-state index in [9.17, 15) is 0 Å². The van der Waals surface area contributed by atoms with Crippen molar-refractivity contribution < 1.29 is 4.74 Å². The van der Waals surface area contributed by atoms with Gasteiger partial charge in [-0.3, -0.25) is 4.90 Å². The Hall–Kier alpha value is -1.53. The van der Waals surface area contributed by atoms with Crippen LogP contribution in [0.15, 0.2) is 18.2 Å². The van der Waals surface area contributed by atoms with Crippen LogP contribution in [0.2, 0.25) is 0 Å². The van der Waals surface area contributed by atoms with Crippen molar-refractivity contribution in [3.8, 4) is 11.8 Å². The summed E-state index contributed by atoms with van der Waals surface area (Å²) < 4.78 is 5.17. The molecule has 18 heavy (non-hydrogen) atoms. The number of nitrogens with zero attached hydrogens (tertiary/aromatic N) is 2. The van der Waals surface area contributed by atoms with Gasteiger partial charge in [-0.15, -0.1) is 0 Å². The van der Waals surface area contributed by atoms with E-state index >= 15 is 0 Å². The van der Waals surface area contributed by atoms with Crippen molar-refractivity contribution in [1.82, 2.24) is 4.90 Å². The molecule has 1 aromatic carbocycles. The third kappa shape index (κ3) is 1.97. The minimum atomic E-state index is 0.638. The molecule has 2 aliphatic rings. The molecule has 1 aliphatic heterocycles. The number of benzene rings is 1. The number of nitriles is 1. The predicted octanol–water partition coefficient (Wildman–Crippen LogP) is 2.55. The van der Waals surface area contributed by atoms with Crippen LogP contribution < -0.4 is 4.74 Å². The van der Waals surface area contributed by atoms with E-state index in [1.54, 1.807) is 7.11 Å². The fraction of sp³-hybridized carbons (Fsp3) is 0.533. The van der Waals surface area contributed by atoms with Crippen molar-refractivity contribution in [1.29, 1.82) is 5.26 Å². The largest absolute Gasteiger partial charge is 0.495 e. The topological polar surface area (TPSA) is 36.3 Å². The number of hydrogen-bond donors (Lipinski definition) is 0. The number of piperidine rings is 1. The molecule has 1 saturated carbocycles. The summed E-state index contributed by atoms with van der Waals surface area (Å²) in [4.78, 5) is 2.57. The lowest BCUT2D eigenvalue weighted by Gasteiger charge is -2.26. The van der Waals surface area contributed by atoms with E-state index in [0.717, 1.165) is 18.5 Å². The molecule has 1 aromatic rings. The van der Waals surface area contributed by atoms with E-state index in [0.29, 0.717) is 11.3 Å². The number of fused-ring (bicyclic) bond motifs is 2. The van der Waals surface area contributed by atoms with Gasteiger partial charge in [-0.1, -0.05) is 6.07 Å². The van der Waals surface area contributed by atoms with Crippen LogP contribution in [0.4, 0.5) is 0 Å². The van der Waals surface area contributed by atoms with Gasteiger partial charge < -0.3 is 4.74 Å². The average Bonchev–Trinajstić information content (AvgIpc) is 3.01. The van der Waals surface area contributed by atoms with Gasteiger partial charge in [0.1, 0.15) is 11.8 Å². The van der Waals surface area contributed by atoms with Gasteiger partial charge in [-0.05, 0) is 42.9 Å². The van der Waals surface area contributed by atoms with E-state index in [-0.39, 0.29) is 0 Å². The summed E-state index contributed by atoms with van der Waals surface area (Å²) in [7, 11) is 1.61. The van der Waals surface area contributed by atoms with Crippen LogP contribution >= 0.6 is 0 Å². The summed E-state index contributed by atoms with van der Waals surface area (Å²) in [6.07, 6.45) is 4.14. The van der Waals surface area contributed by atoms with Crippen molar-refractivity contribution in [2.45, 2.75) is 31.8 Å². The Kier molecular flexibility index (Phi) is 2.97. The lowest BCUT2D eigenvalue weighted by Crippen LogP contribution is -2.31. The molecule has 1 saturated heterocycles. The third-order valence-corrected chi connectivity index (χ3v) is 4.29. The highest BCUT2D eigenvalue weighted by atomic mass is 16.5. The molecular weight excluding hydrogens is 224 g/mol. The smallest absolute Gasteiger partial charge is 0.136 e. The monoisotopic (exact) mass is 242 g/mol. The third-order valence-electron chi connectivity index (χ3n) is 4.29.